The fourth-order valence-electron chi connectivity index (χ4n) is 2.50. The summed E-state index contributed by atoms with van der Waals surface area (Å²) >= 11 is 0. The van der Waals surface area contributed by atoms with E-state index in [0.29, 0.717) is 12.6 Å². The van der Waals surface area contributed by atoms with E-state index in [1.165, 1.54) is 18.4 Å². The molecule has 1 aliphatic heterocycles. The Kier molecular flexibility index (Phi) is 4.55. The highest BCUT2D eigenvalue weighted by molar-refractivity contribution is 5.30. The van der Waals surface area contributed by atoms with Gasteiger partial charge in [-0.05, 0) is 37.0 Å². The number of methoxy groups -OCH3 is 1. The van der Waals surface area contributed by atoms with Gasteiger partial charge < -0.3 is 19.5 Å². The van der Waals surface area contributed by atoms with Gasteiger partial charge in [0.15, 0.2) is 0 Å². The zero-order valence-electron chi connectivity index (χ0n) is 12.0. The molecule has 1 heterocycles. The summed E-state index contributed by atoms with van der Waals surface area (Å²) in [5, 5.41) is 3.56. The molecule has 1 aliphatic carbocycles. The van der Waals surface area contributed by atoms with Crippen LogP contribution >= 0.6 is 0 Å². The largest absolute Gasteiger partial charge is 0.497 e. The van der Waals surface area contributed by atoms with Gasteiger partial charge in [-0.15, -0.1) is 0 Å². The molecule has 2 unspecified atom stereocenters. The number of nitrogens with one attached hydrogen (secondary N) is 1. The maximum absolute atomic E-state index is 6.23. The molecule has 1 N–H and O–H groups in total. The van der Waals surface area contributed by atoms with Crippen molar-refractivity contribution in [2.24, 2.45) is 0 Å². The molecule has 20 heavy (non-hydrogen) atoms. The van der Waals surface area contributed by atoms with Crippen LogP contribution in [0.25, 0.3) is 0 Å². The lowest BCUT2D eigenvalue weighted by Crippen LogP contribution is -2.28. The molecule has 0 spiro atoms. The molecule has 2 atom stereocenters. The normalized spacial score (nSPS) is 23.8. The van der Waals surface area contributed by atoms with Crippen LogP contribution in [0.1, 0.15) is 30.9 Å². The van der Waals surface area contributed by atoms with Crippen LogP contribution < -0.4 is 10.1 Å². The Hall–Kier alpha value is -1.10. The van der Waals surface area contributed by atoms with Crippen molar-refractivity contribution in [2.75, 3.05) is 26.9 Å². The Balaban J connectivity index is 1.67. The highest BCUT2D eigenvalue weighted by atomic mass is 16.6. The zero-order valence-corrected chi connectivity index (χ0v) is 12.0. The van der Waals surface area contributed by atoms with Gasteiger partial charge in [0, 0.05) is 19.2 Å². The maximum atomic E-state index is 6.23. The Morgan fingerprint density at radius 3 is 2.95 bits per heavy atom. The molecule has 1 aromatic carbocycles. The Morgan fingerprint density at radius 2 is 2.25 bits per heavy atom. The third-order valence-electron chi connectivity index (χ3n) is 3.88. The summed E-state index contributed by atoms with van der Waals surface area (Å²) in [7, 11) is 1.70. The number of rotatable bonds is 7. The van der Waals surface area contributed by atoms with Gasteiger partial charge in [-0.25, -0.2) is 0 Å². The lowest BCUT2D eigenvalue weighted by molar-refractivity contribution is -0.0167. The average Bonchev–Trinajstić information content (AvgIpc) is 3.18. The van der Waals surface area contributed by atoms with E-state index in [1.54, 1.807) is 7.11 Å². The van der Waals surface area contributed by atoms with Crippen molar-refractivity contribution in [3.63, 3.8) is 0 Å². The van der Waals surface area contributed by atoms with Gasteiger partial charge in [-0.2, -0.15) is 0 Å². The molecule has 1 saturated heterocycles. The summed E-state index contributed by atoms with van der Waals surface area (Å²) in [6.07, 6.45) is 3.85. The highest BCUT2D eigenvalue weighted by Crippen LogP contribution is 2.27. The van der Waals surface area contributed by atoms with Crippen molar-refractivity contribution >= 4 is 0 Å². The molecule has 110 valence electrons. The van der Waals surface area contributed by atoms with E-state index in [2.05, 4.69) is 17.4 Å². The molecular formula is C16H23NO3. The van der Waals surface area contributed by atoms with Crippen LogP contribution in [0.2, 0.25) is 0 Å². The van der Waals surface area contributed by atoms with Gasteiger partial charge in [-0.1, -0.05) is 12.1 Å². The Morgan fingerprint density at radius 1 is 1.35 bits per heavy atom. The van der Waals surface area contributed by atoms with Gasteiger partial charge in [0.1, 0.15) is 5.75 Å². The molecule has 1 saturated carbocycles. The first-order chi connectivity index (χ1) is 9.85. The molecule has 0 bridgehead atoms. The number of hydrogen-bond acceptors (Lipinski definition) is 4. The highest BCUT2D eigenvalue weighted by Gasteiger charge is 2.26. The molecule has 0 amide bonds. The van der Waals surface area contributed by atoms with Crippen molar-refractivity contribution in [1.29, 1.82) is 0 Å². The van der Waals surface area contributed by atoms with Crippen molar-refractivity contribution in [1.82, 2.24) is 5.32 Å². The lowest BCUT2D eigenvalue weighted by Gasteiger charge is -2.22. The molecule has 1 aromatic rings. The summed E-state index contributed by atoms with van der Waals surface area (Å²) in [6, 6.07) is 8.85. The van der Waals surface area contributed by atoms with E-state index in [9.17, 15) is 0 Å². The van der Waals surface area contributed by atoms with Crippen molar-refractivity contribution < 1.29 is 14.2 Å². The number of ether oxygens (including phenoxy) is 3. The first-order valence-corrected chi connectivity index (χ1v) is 7.45. The molecule has 4 nitrogen and oxygen atoms in total. The summed E-state index contributed by atoms with van der Waals surface area (Å²) in [5.41, 5.74) is 1.17. The predicted molar refractivity (Wildman–Crippen MR) is 77.1 cm³/mol. The minimum absolute atomic E-state index is 0.0670. The van der Waals surface area contributed by atoms with Crippen molar-refractivity contribution in [3.05, 3.63) is 29.8 Å². The minimum atomic E-state index is 0.0670. The van der Waals surface area contributed by atoms with Crippen LogP contribution in [0, 0.1) is 0 Å². The van der Waals surface area contributed by atoms with E-state index in [0.717, 1.165) is 25.3 Å². The van der Waals surface area contributed by atoms with Gasteiger partial charge in [0.25, 0.3) is 0 Å². The molecule has 0 radical (unpaired) electrons. The monoisotopic (exact) mass is 277 g/mol. The summed E-state index contributed by atoms with van der Waals surface area (Å²) in [5.74, 6) is 0.880. The van der Waals surface area contributed by atoms with Gasteiger partial charge in [0.2, 0.25) is 0 Å². The standard InChI is InChI=1S/C16H23NO3/c1-18-14-4-2-3-12(9-14)16(10-17-13-5-6-13)20-15-7-8-19-11-15/h2-4,9,13,15-17H,5-8,10-11H2,1H3. The second-order valence-electron chi connectivity index (χ2n) is 5.57. The molecule has 2 aliphatic rings. The second kappa shape index (κ2) is 6.57. The van der Waals surface area contributed by atoms with Crippen LogP contribution in [-0.2, 0) is 9.47 Å². The van der Waals surface area contributed by atoms with Gasteiger partial charge in [-0.3, -0.25) is 0 Å². The van der Waals surface area contributed by atoms with Crippen molar-refractivity contribution in [2.45, 2.75) is 37.5 Å². The van der Waals surface area contributed by atoms with Crippen LogP contribution in [0.15, 0.2) is 24.3 Å². The fourth-order valence-corrected chi connectivity index (χ4v) is 2.50. The third-order valence-corrected chi connectivity index (χ3v) is 3.88. The van der Waals surface area contributed by atoms with E-state index in [1.807, 2.05) is 12.1 Å². The smallest absolute Gasteiger partial charge is 0.119 e. The first kappa shape index (κ1) is 13.9. The quantitative estimate of drug-likeness (QED) is 0.830. The van der Waals surface area contributed by atoms with E-state index in [-0.39, 0.29) is 12.2 Å². The van der Waals surface area contributed by atoms with Gasteiger partial charge in [0.05, 0.1) is 25.9 Å². The van der Waals surface area contributed by atoms with Crippen molar-refractivity contribution in [3.8, 4) is 5.75 Å². The van der Waals surface area contributed by atoms with Gasteiger partial charge >= 0.3 is 0 Å². The fraction of sp³-hybridized carbons (Fsp3) is 0.625. The molecule has 2 fully saturated rings. The maximum Gasteiger partial charge on any atom is 0.119 e. The third kappa shape index (κ3) is 3.72. The first-order valence-electron chi connectivity index (χ1n) is 7.45. The van der Waals surface area contributed by atoms with Crippen LogP contribution in [0.4, 0.5) is 0 Å². The average molecular weight is 277 g/mol. The van der Waals surface area contributed by atoms with E-state index < -0.39 is 0 Å². The predicted octanol–water partition coefficient (Wildman–Crippen LogP) is 2.29. The summed E-state index contributed by atoms with van der Waals surface area (Å²) < 4.78 is 17.0. The molecule has 3 rings (SSSR count). The molecular weight excluding hydrogens is 254 g/mol. The minimum Gasteiger partial charge on any atom is -0.497 e. The van der Waals surface area contributed by atoms with E-state index in [4.69, 9.17) is 14.2 Å². The molecule has 0 aromatic heterocycles. The Bertz CT molecular complexity index is 427. The lowest BCUT2D eigenvalue weighted by atomic mass is 10.1. The van der Waals surface area contributed by atoms with Crippen LogP contribution in [0.5, 0.6) is 5.75 Å². The summed E-state index contributed by atoms with van der Waals surface area (Å²) in [4.78, 5) is 0. The zero-order chi connectivity index (χ0) is 13.8. The topological polar surface area (TPSA) is 39.7 Å². The number of benzene rings is 1. The van der Waals surface area contributed by atoms with Crippen LogP contribution in [-0.4, -0.2) is 39.0 Å². The van der Waals surface area contributed by atoms with E-state index >= 15 is 0 Å². The Labute approximate surface area is 120 Å². The molecule has 4 heteroatoms. The second-order valence-corrected chi connectivity index (χ2v) is 5.57. The number of hydrogen-bond donors (Lipinski definition) is 1. The summed E-state index contributed by atoms with van der Waals surface area (Å²) in [6.45, 7) is 2.38. The SMILES string of the molecule is COc1cccc(C(CNC2CC2)OC2CCOC2)c1. The van der Waals surface area contributed by atoms with Crippen LogP contribution in [0.3, 0.4) is 0 Å².